The second kappa shape index (κ2) is 6.68. The van der Waals surface area contributed by atoms with Crippen molar-refractivity contribution in [3.8, 4) is 10.6 Å². The van der Waals surface area contributed by atoms with Crippen LogP contribution < -0.4 is 0 Å². The Kier molecular flexibility index (Phi) is 4.62. The summed E-state index contributed by atoms with van der Waals surface area (Å²) in [5.74, 6) is 0.708. The van der Waals surface area contributed by atoms with E-state index in [0.29, 0.717) is 18.9 Å². The number of ether oxygens (including phenoxy) is 1. The first kappa shape index (κ1) is 16.6. The van der Waals surface area contributed by atoms with E-state index in [0.717, 1.165) is 22.6 Å². The summed E-state index contributed by atoms with van der Waals surface area (Å²) in [6, 6.07) is 0. The molecule has 3 heterocycles. The van der Waals surface area contributed by atoms with Gasteiger partial charge in [-0.05, 0) is 32.8 Å². The van der Waals surface area contributed by atoms with Gasteiger partial charge >= 0.3 is 6.09 Å². The molecule has 3 rings (SSSR count). The molecule has 0 atom stereocenters. The van der Waals surface area contributed by atoms with Gasteiger partial charge in [-0.15, -0.1) is 11.3 Å². The van der Waals surface area contributed by atoms with Crippen LogP contribution in [0.3, 0.4) is 0 Å². The quantitative estimate of drug-likeness (QED) is 0.832. The number of aromatic nitrogens is 3. The lowest BCUT2D eigenvalue weighted by molar-refractivity contribution is 0.0270. The molecule has 0 radical (unpaired) electrons. The molecule has 24 heavy (non-hydrogen) atoms. The molecule has 0 aliphatic carbocycles. The Balaban J connectivity index is 1.66. The van der Waals surface area contributed by atoms with Crippen molar-refractivity contribution in [2.45, 2.75) is 32.8 Å². The molecule has 7 heteroatoms. The SMILES string of the molecule is CC(C)(C)OC(=O)N1CC=C(c2ncc(-c3nccs3)cn2)CC1. The first-order valence-corrected chi connectivity index (χ1v) is 8.69. The summed E-state index contributed by atoms with van der Waals surface area (Å²) in [6.45, 7) is 6.73. The molecule has 1 aliphatic heterocycles. The molecule has 1 amide bonds. The maximum Gasteiger partial charge on any atom is 0.410 e. The number of amides is 1. The summed E-state index contributed by atoms with van der Waals surface area (Å²) < 4.78 is 5.40. The number of thiazole rings is 1. The highest BCUT2D eigenvalue weighted by atomic mass is 32.1. The number of rotatable bonds is 2. The number of carbonyl (C=O) groups excluding carboxylic acids is 1. The zero-order valence-corrected chi connectivity index (χ0v) is 14.8. The predicted octanol–water partition coefficient (Wildman–Crippen LogP) is 3.62. The molecule has 2 aromatic heterocycles. The first-order chi connectivity index (χ1) is 11.4. The summed E-state index contributed by atoms with van der Waals surface area (Å²) in [5.41, 5.74) is 1.50. The third kappa shape index (κ3) is 3.97. The topological polar surface area (TPSA) is 68.2 Å². The van der Waals surface area contributed by atoms with E-state index in [-0.39, 0.29) is 6.09 Å². The largest absolute Gasteiger partial charge is 0.444 e. The lowest BCUT2D eigenvalue weighted by Crippen LogP contribution is -2.39. The van der Waals surface area contributed by atoms with E-state index < -0.39 is 5.60 Å². The van der Waals surface area contributed by atoms with Gasteiger partial charge < -0.3 is 9.64 Å². The molecule has 2 aromatic rings. The van der Waals surface area contributed by atoms with E-state index >= 15 is 0 Å². The summed E-state index contributed by atoms with van der Waals surface area (Å²) in [4.78, 5) is 26.9. The Hall–Kier alpha value is -2.28. The lowest BCUT2D eigenvalue weighted by Gasteiger charge is -2.29. The molecular weight excluding hydrogens is 324 g/mol. The molecule has 0 fully saturated rings. The maximum absolute atomic E-state index is 12.1. The van der Waals surface area contributed by atoms with E-state index in [9.17, 15) is 4.79 Å². The van der Waals surface area contributed by atoms with Gasteiger partial charge in [0.15, 0.2) is 5.82 Å². The van der Waals surface area contributed by atoms with Crippen molar-refractivity contribution in [1.29, 1.82) is 0 Å². The summed E-state index contributed by atoms with van der Waals surface area (Å²) in [6.07, 6.45) is 7.78. The Morgan fingerprint density at radius 2 is 2.00 bits per heavy atom. The Morgan fingerprint density at radius 3 is 2.54 bits per heavy atom. The van der Waals surface area contributed by atoms with Crippen LogP contribution in [-0.4, -0.2) is 44.6 Å². The first-order valence-electron chi connectivity index (χ1n) is 7.81. The average Bonchev–Trinajstić information content (AvgIpc) is 3.08. The van der Waals surface area contributed by atoms with Crippen molar-refractivity contribution < 1.29 is 9.53 Å². The predicted molar refractivity (Wildman–Crippen MR) is 93.5 cm³/mol. The van der Waals surface area contributed by atoms with E-state index in [1.165, 1.54) is 0 Å². The highest BCUT2D eigenvalue weighted by Crippen LogP contribution is 2.24. The fourth-order valence-electron chi connectivity index (χ4n) is 2.33. The molecule has 0 unspecified atom stereocenters. The third-order valence-corrected chi connectivity index (χ3v) is 4.30. The van der Waals surface area contributed by atoms with Crippen LogP contribution in [-0.2, 0) is 4.74 Å². The minimum atomic E-state index is -0.476. The number of hydrogen-bond acceptors (Lipinski definition) is 6. The van der Waals surface area contributed by atoms with Crippen LogP contribution >= 0.6 is 11.3 Å². The second-order valence-electron chi connectivity index (χ2n) is 6.54. The van der Waals surface area contributed by atoms with Gasteiger partial charge in [0, 0.05) is 42.6 Å². The number of carbonyl (C=O) groups is 1. The van der Waals surface area contributed by atoms with Crippen LogP contribution in [0.2, 0.25) is 0 Å². The fraction of sp³-hybridized carbons (Fsp3) is 0.412. The van der Waals surface area contributed by atoms with Gasteiger partial charge in [-0.3, -0.25) is 0 Å². The van der Waals surface area contributed by atoms with Crippen LogP contribution in [0.1, 0.15) is 33.0 Å². The molecular formula is C17H20N4O2S. The van der Waals surface area contributed by atoms with Crippen LogP contribution in [0.5, 0.6) is 0 Å². The van der Waals surface area contributed by atoms with E-state index in [1.807, 2.05) is 32.2 Å². The van der Waals surface area contributed by atoms with Gasteiger partial charge in [-0.1, -0.05) is 6.08 Å². The molecule has 0 saturated heterocycles. The summed E-state index contributed by atoms with van der Waals surface area (Å²) >= 11 is 1.56. The smallest absolute Gasteiger partial charge is 0.410 e. The Morgan fingerprint density at radius 1 is 1.25 bits per heavy atom. The number of hydrogen-bond donors (Lipinski definition) is 0. The highest BCUT2D eigenvalue weighted by molar-refractivity contribution is 7.13. The summed E-state index contributed by atoms with van der Waals surface area (Å²) in [7, 11) is 0. The van der Waals surface area contributed by atoms with Crippen LogP contribution in [0.15, 0.2) is 30.0 Å². The van der Waals surface area contributed by atoms with Gasteiger partial charge in [0.2, 0.25) is 0 Å². The Labute approximate surface area is 145 Å². The fourth-order valence-corrected chi connectivity index (χ4v) is 2.95. The third-order valence-electron chi connectivity index (χ3n) is 3.48. The van der Waals surface area contributed by atoms with Crippen molar-refractivity contribution in [3.05, 3.63) is 35.9 Å². The lowest BCUT2D eigenvalue weighted by atomic mass is 10.1. The molecule has 0 N–H and O–H groups in total. The normalized spacial score (nSPS) is 15.1. The Bertz CT molecular complexity index is 733. The van der Waals surface area contributed by atoms with Crippen molar-refractivity contribution in [3.63, 3.8) is 0 Å². The van der Waals surface area contributed by atoms with Gasteiger partial charge in [0.05, 0.1) is 0 Å². The zero-order chi connectivity index (χ0) is 17.2. The maximum atomic E-state index is 12.1. The van der Waals surface area contributed by atoms with Gasteiger partial charge in [0.25, 0.3) is 0 Å². The summed E-state index contributed by atoms with van der Waals surface area (Å²) in [5, 5.41) is 2.84. The van der Waals surface area contributed by atoms with Crippen molar-refractivity contribution in [2.75, 3.05) is 13.1 Å². The van der Waals surface area contributed by atoms with Gasteiger partial charge in [0.1, 0.15) is 10.6 Å². The molecule has 6 nitrogen and oxygen atoms in total. The van der Waals surface area contributed by atoms with Gasteiger partial charge in [-0.25, -0.2) is 19.7 Å². The van der Waals surface area contributed by atoms with Crippen LogP contribution in [0.25, 0.3) is 16.1 Å². The molecule has 0 aromatic carbocycles. The minimum absolute atomic E-state index is 0.280. The highest BCUT2D eigenvalue weighted by Gasteiger charge is 2.24. The molecule has 126 valence electrons. The van der Waals surface area contributed by atoms with E-state index in [1.54, 1.807) is 34.8 Å². The van der Waals surface area contributed by atoms with Crippen molar-refractivity contribution >= 4 is 23.0 Å². The second-order valence-corrected chi connectivity index (χ2v) is 7.43. The molecule has 1 aliphatic rings. The van der Waals surface area contributed by atoms with Crippen molar-refractivity contribution in [1.82, 2.24) is 19.9 Å². The molecule has 0 bridgehead atoms. The zero-order valence-electron chi connectivity index (χ0n) is 14.0. The van der Waals surface area contributed by atoms with Crippen LogP contribution in [0, 0.1) is 0 Å². The van der Waals surface area contributed by atoms with Gasteiger partial charge in [-0.2, -0.15) is 0 Å². The number of nitrogens with zero attached hydrogens (tertiary/aromatic N) is 4. The monoisotopic (exact) mass is 344 g/mol. The molecule has 0 saturated carbocycles. The van der Waals surface area contributed by atoms with Crippen LogP contribution in [0.4, 0.5) is 4.79 Å². The minimum Gasteiger partial charge on any atom is -0.444 e. The van der Waals surface area contributed by atoms with Crippen molar-refractivity contribution in [2.24, 2.45) is 0 Å². The van der Waals surface area contributed by atoms with E-state index in [2.05, 4.69) is 15.0 Å². The average molecular weight is 344 g/mol. The standard InChI is InChI=1S/C17H20N4O2S/c1-17(2,3)23-16(22)21-7-4-12(5-8-21)14-19-10-13(11-20-14)15-18-6-9-24-15/h4,6,9-11H,5,7-8H2,1-3H3. The molecule has 0 spiro atoms. The van der Waals surface area contributed by atoms with E-state index in [4.69, 9.17) is 4.74 Å².